The zero-order valence-corrected chi connectivity index (χ0v) is 12.1. The average Bonchev–Trinajstić information content (AvgIpc) is 2.33. The quantitative estimate of drug-likeness (QED) is 0.913. The maximum atomic E-state index is 5.94. The van der Waals surface area contributed by atoms with Crippen LogP contribution < -0.4 is 10.6 Å². The van der Waals surface area contributed by atoms with Crippen molar-refractivity contribution >= 4 is 21.7 Å². The van der Waals surface area contributed by atoms with Gasteiger partial charge in [0.25, 0.3) is 0 Å². The SMILES string of the molecule is Cc1cc(N(C)C2CCC(N)CC2)ncc1Br. The summed E-state index contributed by atoms with van der Waals surface area (Å²) < 4.78 is 1.07. The Kier molecular flexibility index (Phi) is 4.05. The van der Waals surface area contributed by atoms with Crippen LogP contribution in [0.15, 0.2) is 16.7 Å². The number of hydrogen-bond acceptors (Lipinski definition) is 3. The molecule has 3 nitrogen and oxygen atoms in total. The van der Waals surface area contributed by atoms with E-state index < -0.39 is 0 Å². The van der Waals surface area contributed by atoms with Crippen LogP contribution in [0, 0.1) is 6.92 Å². The van der Waals surface area contributed by atoms with Crippen molar-refractivity contribution < 1.29 is 0 Å². The Labute approximate surface area is 112 Å². The van der Waals surface area contributed by atoms with Crippen molar-refractivity contribution in [3.63, 3.8) is 0 Å². The van der Waals surface area contributed by atoms with Crippen LogP contribution in [0.25, 0.3) is 0 Å². The van der Waals surface area contributed by atoms with Crippen molar-refractivity contribution in [1.29, 1.82) is 0 Å². The number of anilines is 1. The molecule has 0 radical (unpaired) electrons. The number of nitrogens with two attached hydrogens (primary N) is 1. The van der Waals surface area contributed by atoms with E-state index in [1.54, 1.807) is 0 Å². The molecule has 1 heterocycles. The van der Waals surface area contributed by atoms with E-state index in [0.717, 1.165) is 23.1 Å². The molecule has 0 aromatic carbocycles. The van der Waals surface area contributed by atoms with E-state index in [9.17, 15) is 0 Å². The molecule has 1 aliphatic carbocycles. The van der Waals surface area contributed by atoms with Crippen LogP contribution in [-0.4, -0.2) is 24.1 Å². The van der Waals surface area contributed by atoms with E-state index in [4.69, 9.17) is 5.73 Å². The van der Waals surface area contributed by atoms with Gasteiger partial charge in [0, 0.05) is 29.8 Å². The molecular weight excluding hydrogens is 278 g/mol. The summed E-state index contributed by atoms with van der Waals surface area (Å²) in [6.07, 6.45) is 6.49. The molecule has 0 unspecified atom stereocenters. The van der Waals surface area contributed by atoms with Gasteiger partial charge in [-0.05, 0) is 60.2 Å². The van der Waals surface area contributed by atoms with Gasteiger partial charge in [0.15, 0.2) is 0 Å². The zero-order chi connectivity index (χ0) is 12.4. The molecular formula is C13H20BrN3. The van der Waals surface area contributed by atoms with Crippen LogP contribution in [0.1, 0.15) is 31.2 Å². The lowest BCUT2D eigenvalue weighted by molar-refractivity contribution is 0.384. The van der Waals surface area contributed by atoms with E-state index in [0.29, 0.717) is 12.1 Å². The number of halogens is 1. The topological polar surface area (TPSA) is 42.1 Å². The number of aromatic nitrogens is 1. The van der Waals surface area contributed by atoms with Gasteiger partial charge in [0.2, 0.25) is 0 Å². The monoisotopic (exact) mass is 297 g/mol. The van der Waals surface area contributed by atoms with Gasteiger partial charge < -0.3 is 10.6 Å². The smallest absolute Gasteiger partial charge is 0.128 e. The third kappa shape index (κ3) is 2.99. The summed E-state index contributed by atoms with van der Waals surface area (Å²) in [5.41, 5.74) is 7.17. The van der Waals surface area contributed by atoms with Gasteiger partial charge in [-0.2, -0.15) is 0 Å². The van der Waals surface area contributed by atoms with Crippen molar-refractivity contribution in [2.24, 2.45) is 5.73 Å². The molecule has 0 bridgehead atoms. The van der Waals surface area contributed by atoms with Gasteiger partial charge in [-0.15, -0.1) is 0 Å². The Morgan fingerprint density at radius 3 is 2.59 bits per heavy atom. The molecule has 0 saturated heterocycles. The number of nitrogens with zero attached hydrogens (tertiary/aromatic N) is 2. The van der Waals surface area contributed by atoms with E-state index in [-0.39, 0.29) is 0 Å². The average molecular weight is 298 g/mol. The normalized spacial score (nSPS) is 24.7. The lowest BCUT2D eigenvalue weighted by atomic mass is 9.91. The molecule has 0 spiro atoms. The van der Waals surface area contributed by atoms with Crippen molar-refractivity contribution in [3.8, 4) is 0 Å². The fourth-order valence-electron chi connectivity index (χ4n) is 2.39. The Balaban J connectivity index is 2.08. The van der Waals surface area contributed by atoms with Crippen molar-refractivity contribution in [3.05, 3.63) is 22.3 Å². The molecule has 17 heavy (non-hydrogen) atoms. The Morgan fingerprint density at radius 2 is 2.00 bits per heavy atom. The molecule has 1 saturated carbocycles. The second-order valence-corrected chi connectivity index (χ2v) is 5.83. The summed E-state index contributed by atoms with van der Waals surface area (Å²) in [5.74, 6) is 1.06. The Hall–Kier alpha value is -0.610. The van der Waals surface area contributed by atoms with Crippen LogP contribution >= 0.6 is 15.9 Å². The van der Waals surface area contributed by atoms with E-state index in [2.05, 4.69) is 45.9 Å². The predicted octanol–water partition coefficient (Wildman–Crippen LogP) is 2.86. The maximum absolute atomic E-state index is 5.94. The third-order valence-corrected chi connectivity index (χ3v) is 4.51. The number of pyridine rings is 1. The van der Waals surface area contributed by atoms with Gasteiger partial charge in [-0.25, -0.2) is 4.98 Å². The summed E-state index contributed by atoms with van der Waals surface area (Å²) in [4.78, 5) is 6.78. The molecule has 1 fully saturated rings. The van der Waals surface area contributed by atoms with E-state index in [1.807, 2.05) is 6.20 Å². The highest BCUT2D eigenvalue weighted by atomic mass is 79.9. The van der Waals surface area contributed by atoms with Crippen LogP contribution in [0.4, 0.5) is 5.82 Å². The predicted molar refractivity (Wildman–Crippen MR) is 75.3 cm³/mol. The van der Waals surface area contributed by atoms with Gasteiger partial charge in [0.1, 0.15) is 5.82 Å². The van der Waals surface area contributed by atoms with Crippen molar-refractivity contribution in [2.75, 3.05) is 11.9 Å². The molecule has 0 atom stereocenters. The minimum atomic E-state index is 0.402. The first kappa shape index (κ1) is 12.8. The fraction of sp³-hybridized carbons (Fsp3) is 0.615. The third-order valence-electron chi connectivity index (χ3n) is 3.68. The molecule has 0 amide bonds. The first-order chi connectivity index (χ1) is 8.08. The van der Waals surface area contributed by atoms with Gasteiger partial charge in [-0.3, -0.25) is 0 Å². The summed E-state index contributed by atoms with van der Waals surface area (Å²) in [6, 6.07) is 3.13. The fourth-order valence-corrected chi connectivity index (χ4v) is 2.61. The summed E-state index contributed by atoms with van der Waals surface area (Å²) in [7, 11) is 2.14. The number of rotatable bonds is 2. The molecule has 1 aromatic heterocycles. The highest BCUT2D eigenvalue weighted by Gasteiger charge is 2.22. The molecule has 4 heteroatoms. The van der Waals surface area contributed by atoms with E-state index >= 15 is 0 Å². The summed E-state index contributed by atoms with van der Waals surface area (Å²) in [5, 5.41) is 0. The molecule has 1 aliphatic rings. The second kappa shape index (κ2) is 5.36. The number of aryl methyl sites for hydroxylation is 1. The highest BCUT2D eigenvalue weighted by Crippen LogP contribution is 2.26. The lowest BCUT2D eigenvalue weighted by Crippen LogP contribution is -2.39. The Morgan fingerprint density at radius 1 is 1.35 bits per heavy atom. The highest BCUT2D eigenvalue weighted by molar-refractivity contribution is 9.10. The van der Waals surface area contributed by atoms with Gasteiger partial charge >= 0.3 is 0 Å². The minimum Gasteiger partial charge on any atom is -0.357 e. The zero-order valence-electron chi connectivity index (χ0n) is 10.5. The van der Waals surface area contributed by atoms with Crippen LogP contribution in [0.5, 0.6) is 0 Å². The molecule has 94 valence electrons. The van der Waals surface area contributed by atoms with Crippen LogP contribution in [0.2, 0.25) is 0 Å². The summed E-state index contributed by atoms with van der Waals surface area (Å²) >= 11 is 3.48. The van der Waals surface area contributed by atoms with Crippen molar-refractivity contribution in [2.45, 2.75) is 44.7 Å². The first-order valence-corrected chi connectivity index (χ1v) is 6.98. The largest absolute Gasteiger partial charge is 0.357 e. The van der Waals surface area contributed by atoms with Crippen LogP contribution in [-0.2, 0) is 0 Å². The van der Waals surface area contributed by atoms with Crippen molar-refractivity contribution in [1.82, 2.24) is 4.98 Å². The molecule has 2 rings (SSSR count). The number of hydrogen-bond donors (Lipinski definition) is 1. The molecule has 0 aliphatic heterocycles. The van der Waals surface area contributed by atoms with Gasteiger partial charge in [-0.1, -0.05) is 0 Å². The second-order valence-electron chi connectivity index (χ2n) is 4.97. The Bertz CT molecular complexity index is 386. The minimum absolute atomic E-state index is 0.402. The van der Waals surface area contributed by atoms with Gasteiger partial charge in [0.05, 0.1) is 0 Å². The standard InChI is InChI=1S/C13H20BrN3/c1-9-7-13(16-8-12(9)14)17(2)11-5-3-10(15)4-6-11/h7-8,10-11H,3-6,15H2,1-2H3. The van der Waals surface area contributed by atoms with Crippen LogP contribution in [0.3, 0.4) is 0 Å². The lowest BCUT2D eigenvalue weighted by Gasteiger charge is -2.34. The maximum Gasteiger partial charge on any atom is 0.128 e. The molecule has 2 N–H and O–H groups in total. The first-order valence-electron chi connectivity index (χ1n) is 6.18. The van der Waals surface area contributed by atoms with E-state index in [1.165, 1.54) is 18.4 Å². The summed E-state index contributed by atoms with van der Waals surface area (Å²) in [6.45, 7) is 2.10. The molecule has 1 aromatic rings.